The van der Waals surface area contributed by atoms with Gasteiger partial charge in [-0.2, -0.15) is 0 Å². The van der Waals surface area contributed by atoms with Crippen LogP contribution in [0.2, 0.25) is 0 Å². The minimum Gasteiger partial charge on any atom is -0.495 e. The number of pyridine rings is 1. The highest BCUT2D eigenvalue weighted by atomic mass is 79.9. The number of rotatable bonds is 4. The molecule has 0 radical (unpaired) electrons. The summed E-state index contributed by atoms with van der Waals surface area (Å²) in [5.41, 5.74) is 1.90. The molecular formula is C19H16BrN3OS2. The lowest BCUT2D eigenvalue weighted by atomic mass is 10.0. The highest BCUT2D eigenvalue weighted by molar-refractivity contribution is 9.11. The number of hydrogen-bond acceptors (Lipinski definition) is 4. The fourth-order valence-electron chi connectivity index (χ4n) is 3.22. The molecule has 0 aliphatic carbocycles. The van der Waals surface area contributed by atoms with E-state index in [1.807, 2.05) is 48.7 Å². The molecular weight excluding hydrogens is 430 g/mol. The van der Waals surface area contributed by atoms with E-state index < -0.39 is 0 Å². The van der Waals surface area contributed by atoms with Gasteiger partial charge >= 0.3 is 0 Å². The predicted molar refractivity (Wildman–Crippen MR) is 113 cm³/mol. The largest absolute Gasteiger partial charge is 0.495 e. The van der Waals surface area contributed by atoms with Crippen LogP contribution in [0.5, 0.6) is 5.75 Å². The fourth-order valence-corrected chi connectivity index (χ4v) is 5.11. The molecule has 2 atom stereocenters. The van der Waals surface area contributed by atoms with Crippen LogP contribution in [-0.2, 0) is 0 Å². The van der Waals surface area contributed by atoms with Crippen molar-refractivity contribution in [2.24, 2.45) is 0 Å². The van der Waals surface area contributed by atoms with Gasteiger partial charge in [-0.05, 0) is 64.5 Å². The predicted octanol–water partition coefficient (Wildman–Crippen LogP) is 5.09. The van der Waals surface area contributed by atoms with E-state index in [2.05, 4.69) is 43.3 Å². The molecule has 4 nitrogen and oxygen atoms in total. The topological polar surface area (TPSA) is 37.4 Å². The van der Waals surface area contributed by atoms with Gasteiger partial charge in [0, 0.05) is 11.1 Å². The molecule has 1 aromatic carbocycles. The summed E-state index contributed by atoms with van der Waals surface area (Å²) in [6.07, 6.45) is 1.81. The Hall–Kier alpha value is -1.96. The monoisotopic (exact) mass is 445 g/mol. The Morgan fingerprint density at radius 2 is 1.96 bits per heavy atom. The second-order valence-corrected chi connectivity index (χ2v) is 8.69. The number of thiophene rings is 1. The average molecular weight is 446 g/mol. The third-order valence-electron chi connectivity index (χ3n) is 4.33. The van der Waals surface area contributed by atoms with Crippen LogP contribution in [0.3, 0.4) is 0 Å². The van der Waals surface area contributed by atoms with Gasteiger partial charge in [-0.3, -0.25) is 4.98 Å². The fraction of sp³-hybridized carbons (Fsp3) is 0.158. The Morgan fingerprint density at radius 3 is 2.65 bits per heavy atom. The van der Waals surface area contributed by atoms with Gasteiger partial charge in [0.2, 0.25) is 0 Å². The second kappa shape index (κ2) is 7.34. The summed E-state index contributed by atoms with van der Waals surface area (Å²) >= 11 is 11.0. The van der Waals surface area contributed by atoms with E-state index in [9.17, 15) is 0 Å². The van der Waals surface area contributed by atoms with Gasteiger partial charge in [0.25, 0.3) is 0 Å². The number of hydrogen-bond donors (Lipinski definition) is 1. The number of thiocarbonyl (C=S) groups is 1. The first kappa shape index (κ1) is 17.5. The molecule has 3 heterocycles. The van der Waals surface area contributed by atoms with Crippen molar-refractivity contribution in [3.05, 3.63) is 75.2 Å². The molecule has 132 valence electrons. The highest BCUT2D eigenvalue weighted by Crippen LogP contribution is 2.46. The number of nitrogens with zero attached hydrogens (tertiary/aromatic N) is 2. The maximum atomic E-state index is 5.72. The Balaban J connectivity index is 1.85. The van der Waals surface area contributed by atoms with Crippen LogP contribution in [0.15, 0.2) is 64.6 Å². The Bertz CT molecular complexity index is 931. The number of para-hydroxylation sites is 2. The lowest BCUT2D eigenvalue weighted by Gasteiger charge is -2.28. The lowest BCUT2D eigenvalue weighted by molar-refractivity contribution is 0.414. The molecule has 4 rings (SSSR count). The summed E-state index contributed by atoms with van der Waals surface area (Å²) in [6, 6.07) is 18.0. The minimum atomic E-state index is -0.0424. The smallest absolute Gasteiger partial charge is 0.174 e. The molecule has 26 heavy (non-hydrogen) atoms. The SMILES string of the molecule is COc1ccccc1N1C(=S)N[C@@H](c2ccccn2)[C@@H]1c1ccc(Br)s1. The molecule has 0 saturated carbocycles. The van der Waals surface area contributed by atoms with Gasteiger partial charge in [-0.25, -0.2) is 0 Å². The first-order chi connectivity index (χ1) is 12.7. The molecule has 1 saturated heterocycles. The van der Waals surface area contributed by atoms with Gasteiger partial charge in [-0.15, -0.1) is 11.3 Å². The van der Waals surface area contributed by atoms with Crippen molar-refractivity contribution >= 4 is 50.3 Å². The summed E-state index contributed by atoms with van der Waals surface area (Å²) in [7, 11) is 1.68. The molecule has 0 amide bonds. The molecule has 3 aromatic rings. The number of benzene rings is 1. The van der Waals surface area contributed by atoms with Gasteiger partial charge in [0.05, 0.1) is 34.4 Å². The molecule has 1 aliphatic heterocycles. The third-order valence-corrected chi connectivity index (χ3v) is 6.34. The molecule has 2 aromatic heterocycles. The molecule has 0 spiro atoms. The van der Waals surface area contributed by atoms with Crippen LogP contribution in [0.4, 0.5) is 5.69 Å². The van der Waals surface area contributed by atoms with E-state index in [1.54, 1.807) is 18.4 Å². The van der Waals surface area contributed by atoms with Crippen LogP contribution in [-0.4, -0.2) is 17.2 Å². The van der Waals surface area contributed by atoms with E-state index in [4.69, 9.17) is 17.0 Å². The molecule has 1 aliphatic rings. The number of anilines is 1. The number of aromatic nitrogens is 1. The normalized spacial score (nSPS) is 19.5. The highest BCUT2D eigenvalue weighted by Gasteiger charge is 2.42. The molecule has 7 heteroatoms. The Labute approximate surface area is 170 Å². The van der Waals surface area contributed by atoms with E-state index in [1.165, 1.54) is 4.88 Å². The van der Waals surface area contributed by atoms with Gasteiger partial charge in [-0.1, -0.05) is 18.2 Å². The average Bonchev–Trinajstić information content (AvgIpc) is 3.25. The van der Waals surface area contributed by atoms with Crippen molar-refractivity contribution in [1.29, 1.82) is 0 Å². The van der Waals surface area contributed by atoms with Crippen LogP contribution >= 0.6 is 39.5 Å². The van der Waals surface area contributed by atoms with E-state index in [-0.39, 0.29) is 12.1 Å². The summed E-state index contributed by atoms with van der Waals surface area (Å²) in [5.74, 6) is 0.791. The number of nitrogens with one attached hydrogen (secondary N) is 1. The van der Waals surface area contributed by atoms with Crippen molar-refractivity contribution in [2.75, 3.05) is 12.0 Å². The zero-order valence-electron chi connectivity index (χ0n) is 13.9. The second-order valence-electron chi connectivity index (χ2n) is 5.81. The number of halogens is 1. The molecule has 1 fully saturated rings. The van der Waals surface area contributed by atoms with Gasteiger partial charge in [0.15, 0.2) is 5.11 Å². The van der Waals surface area contributed by atoms with E-state index >= 15 is 0 Å². The Kier molecular flexibility index (Phi) is 4.93. The molecule has 1 N–H and O–H groups in total. The first-order valence-electron chi connectivity index (χ1n) is 8.08. The van der Waals surface area contributed by atoms with Gasteiger partial charge < -0.3 is 15.0 Å². The summed E-state index contributed by atoms with van der Waals surface area (Å²) in [4.78, 5) is 7.89. The van der Waals surface area contributed by atoms with Crippen molar-refractivity contribution in [3.8, 4) is 5.75 Å². The number of ether oxygens (including phenoxy) is 1. The maximum absolute atomic E-state index is 5.72. The van der Waals surface area contributed by atoms with E-state index in [0.717, 1.165) is 20.9 Å². The van der Waals surface area contributed by atoms with E-state index in [0.29, 0.717) is 5.11 Å². The Morgan fingerprint density at radius 1 is 1.15 bits per heavy atom. The van der Waals surface area contributed by atoms with Gasteiger partial charge in [0.1, 0.15) is 5.75 Å². The summed E-state index contributed by atoms with van der Waals surface area (Å²) in [6.45, 7) is 0. The van der Waals surface area contributed by atoms with Crippen LogP contribution in [0.25, 0.3) is 0 Å². The molecule has 0 unspecified atom stereocenters. The standard InChI is InChI=1S/C19H16BrN3OS2/c1-24-14-8-3-2-7-13(14)23-18(15-9-10-16(20)26-15)17(22-19(23)25)12-6-4-5-11-21-12/h2-11,17-18H,1H3,(H,22,25)/t17-,18-/m0/s1. The van der Waals surface area contributed by atoms with Crippen molar-refractivity contribution in [3.63, 3.8) is 0 Å². The summed E-state index contributed by atoms with van der Waals surface area (Å²) in [5, 5.41) is 4.12. The quantitative estimate of drug-likeness (QED) is 0.565. The van der Waals surface area contributed by atoms with Crippen LogP contribution < -0.4 is 15.0 Å². The minimum absolute atomic E-state index is 0.00926. The van der Waals surface area contributed by atoms with Crippen LogP contribution in [0, 0.1) is 0 Å². The third kappa shape index (κ3) is 3.11. The number of methoxy groups -OCH3 is 1. The zero-order valence-corrected chi connectivity index (χ0v) is 17.1. The van der Waals surface area contributed by atoms with Crippen LogP contribution in [0.1, 0.15) is 22.7 Å². The molecule has 0 bridgehead atoms. The van der Waals surface area contributed by atoms with Crippen molar-refractivity contribution < 1.29 is 4.74 Å². The first-order valence-corrected chi connectivity index (χ1v) is 10.1. The summed E-state index contributed by atoms with van der Waals surface area (Å²) < 4.78 is 6.67. The van der Waals surface area contributed by atoms with Crippen molar-refractivity contribution in [2.45, 2.75) is 12.1 Å². The van der Waals surface area contributed by atoms with Crippen molar-refractivity contribution in [1.82, 2.24) is 10.3 Å². The maximum Gasteiger partial charge on any atom is 0.174 e. The lowest BCUT2D eigenvalue weighted by Crippen LogP contribution is -2.29. The zero-order chi connectivity index (χ0) is 18.1.